The van der Waals surface area contributed by atoms with Crippen molar-refractivity contribution in [2.75, 3.05) is 7.11 Å². The molecule has 3 aromatic rings. The lowest BCUT2D eigenvalue weighted by molar-refractivity contribution is -0.337. The average molecular weight is 617 g/mol. The fourth-order valence-electron chi connectivity index (χ4n) is 6.18. The van der Waals surface area contributed by atoms with E-state index in [-0.39, 0.29) is 18.3 Å². The molecule has 9 atom stereocenters. The van der Waals surface area contributed by atoms with E-state index in [0.717, 1.165) is 16.7 Å². The lowest BCUT2D eigenvalue weighted by atomic mass is 9.77. The molecular weight excluding hydrogens is 572 g/mol. The summed E-state index contributed by atoms with van der Waals surface area (Å²) in [4.78, 5) is 12.3. The monoisotopic (exact) mass is 616 g/mol. The Bertz CT molecular complexity index is 1320. The van der Waals surface area contributed by atoms with Gasteiger partial charge >= 0.3 is 5.97 Å². The molecule has 8 nitrogen and oxygen atoms in total. The Balaban J connectivity index is 1.42. The number of carbonyl (C=O) groups excluding carboxylic acids is 1. The van der Waals surface area contributed by atoms with Crippen LogP contribution in [0.3, 0.4) is 0 Å². The molecule has 0 bridgehead atoms. The number of aliphatic hydroxyl groups excluding tert-OH is 1. The van der Waals surface area contributed by atoms with Gasteiger partial charge in [0.05, 0.1) is 51.2 Å². The third-order valence-corrected chi connectivity index (χ3v) is 8.60. The van der Waals surface area contributed by atoms with Gasteiger partial charge in [-0.25, -0.2) is 0 Å². The molecule has 0 aromatic heterocycles. The quantitative estimate of drug-likeness (QED) is 0.196. The molecular formula is C37H44O8. The van der Waals surface area contributed by atoms with Crippen molar-refractivity contribution in [3.63, 3.8) is 0 Å². The van der Waals surface area contributed by atoms with E-state index in [1.807, 2.05) is 97.9 Å². The van der Waals surface area contributed by atoms with Gasteiger partial charge in [0.15, 0.2) is 6.29 Å². The molecule has 1 aliphatic carbocycles. The van der Waals surface area contributed by atoms with Gasteiger partial charge in [-0.05, 0) is 36.5 Å². The summed E-state index contributed by atoms with van der Waals surface area (Å²) in [7, 11) is 1.36. The SMILES string of the molecule is C=CC1CC(C(=O)OC)C[C@@H](O)C1OC1O[C@@H](C)C(OCc2ccccc2)C(OCc2ccccc2)[C@@H]1OCc1ccccc1. The summed E-state index contributed by atoms with van der Waals surface area (Å²) in [6.07, 6.45) is -2.29. The predicted octanol–water partition coefficient (Wildman–Crippen LogP) is 5.62. The van der Waals surface area contributed by atoms with Gasteiger partial charge in [-0.3, -0.25) is 4.79 Å². The molecule has 1 heterocycles. The first-order valence-electron chi connectivity index (χ1n) is 15.6. The van der Waals surface area contributed by atoms with E-state index < -0.39 is 48.8 Å². The molecule has 6 unspecified atom stereocenters. The Morgan fingerprint density at radius 3 is 1.76 bits per heavy atom. The van der Waals surface area contributed by atoms with E-state index >= 15 is 0 Å². The van der Waals surface area contributed by atoms with Crippen molar-refractivity contribution in [3.05, 3.63) is 120 Å². The topological polar surface area (TPSA) is 92.7 Å². The molecule has 240 valence electrons. The number of esters is 1. The Morgan fingerprint density at radius 1 is 0.778 bits per heavy atom. The third-order valence-electron chi connectivity index (χ3n) is 8.60. The molecule has 0 radical (unpaired) electrons. The summed E-state index contributed by atoms with van der Waals surface area (Å²) in [6, 6.07) is 29.8. The second-order valence-electron chi connectivity index (χ2n) is 11.8. The number of rotatable bonds is 13. The van der Waals surface area contributed by atoms with Crippen molar-refractivity contribution >= 4 is 5.97 Å². The highest BCUT2D eigenvalue weighted by atomic mass is 16.7. The molecule has 2 fully saturated rings. The maximum atomic E-state index is 12.3. The molecule has 0 amide bonds. The molecule has 1 aliphatic heterocycles. The highest BCUT2D eigenvalue weighted by Crippen LogP contribution is 2.37. The van der Waals surface area contributed by atoms with Crippen molar-refractivity contribution in [3.8, 4) is 0 Å². The van der Waals surface area contributed by atoms with Crippen LogP contribution in [0.5, 0.6) is 0 Å². The normalized spacial score (nSPS) is 30.0. The van der Waals surface area contributed by atoms with Gasteiger partial charge in [0.2, 0.25) is 0 Å². The average Bonchev–Trinajstić information content (AvgIpc) is 3.08. The summed E-state index contributed by atoms with van der Waals surface area (Å²) in [5.41, 5.74) is 3.04. The Hall–Kier alpha value is -3.37. The fraction of sp³-hybridized carbons (Fsp3) is 0.432. The maximum absolute atomic E-state index is 12.3. The molecule has 1 saturated heterocycles. The Kier molecular flexibility index (Phi) is 11.9. The molecule has 2 aliphatic rings. The summed E-state index contributed by atoms with van der Waals surface area (Å²) in [6.45, 7) is 6.92. The van der Waals surface area contributed by atoms with Crippen molar-refractivity contribution in [2.24, 2.45) is 11.8 Å². The number of carbonyl (C=O) groups is 1. The predicted molar refractivity (Wildman–Crippen MR) is 169 cm³/mol. The molecule has 0 spiro atoms. The first-order valence-corrected chi connectivity index (χ1v) is 15.6. The number of aliphatic hydroxyl groups is 1. The lowest BCUT2D eigenvalue weighted by Gasteiger charge is -2.47. The van der Waals surface area contributed by atoms with Crippen molar-refractivity contribution in [2.45, 2.75) is 82.5 Å². The summed E-state index contributed by atoms with van der Waals surface area (Å²) < 4.78 is 37.9. The van der Waals surface area contributed by atoms with Crippen LogP contribution in [-0.2, 0) is 53.0 Å². The van der Waals surface area contributed by atoms with Crippen molar-refractivity contribution < 1.29 is 38.3 Å². The summed E-state index contributed by atoms with van der Waals surface area (Å²) >= 11 is 0. The highest BCUT2D eigenvalue weighted by Gasteiger charge is 2.50. The van der Waals surface area contributed by atoms with E-state index in [2.05, 4.69) is 6.58 Å². The third kappa shape index (κ3) is 8.67. The highest BCUT2D eigenvalue weighted by molar-refractivity contribution is 5.72. The van der Waals surface area contributed by atoms with Gasteiger partial charge in [-0.15, -0.1) is 6.58 Å². The van der Waals surface area contributed by atoms with Gasteiger partial charge in [0, 0.05) is 5.92 Å². The number of hydrogen-bond acceptors (Lipinski definition) is 8. The Morgan fingerprint density at radius 2 is 1.27 bits per heavy atom. The fourth-order valence-corrected chi connectivity index (χ4v) is 6.18. The Labute approximate surface area is 265 Å². The minimum atomic E-state index is -0.935. The van der Waals surface area contributed by atoms with Crippen LogP contribution in [0.1, 0.15) is 36.5 Å². The minimum absolute atomic E-state index is 0.218. The molecule has 8 heteroatoms. The van der Waals surface area contributed by atoms with Gasteiger partial charge in [0.25, 0.3) is 0 Å². The van der Waals surface area contributed by atoms with Crippen LogP contribution in [0, 0.1) is 11.8 Å². The molecule has 3 aromatic carbocycles. The molecule has 45 heavy (non-hydrogen) atoms. The smallest absolute Gasteiger partial charge is 0.308 e. The van der Waals surface area contributed by atoms with Crippen LogP contribution in [-0.4, -0.2) is 61.1 Å². The van der Waals surface area contributed by atoms with Gasteiger partial charge < -0.3 is 33.5 Å². The number of benzene rings is 3. The molecule has 1 saturated carbocycles. The van der Waals surface area contributed by atoms with Crippen LogP contribution in [0.2, 0.25) is 0 Å². The van der Waals surface area contributed by atoms with Crippen LogP contribution in [0.15, 0.2) is 104 Å². The largest absolute Gasteiger partial charge is 0.469 e. The van der Waals surface area contributed by atoms with Crippen LogP contribution in [0.4, 0.5) is 0 Å². The molecule has 1 N–H and O–H groups in total. The van der Waals surface area contributed by atoms with E-state index in [1.54, 1.807) is 6.08 Å². The minimum Gasteiger partial charge on any atom is -0.469 e. The zero-order chi connectivity index (χ0) is 31.6. The first kappa shape index (κ1) is 33.0. The number of ether oxygens (including phenoxy) is 6. The number of hydrogen-bond donors (Lipinski definition) is 1. The maximum Gasteiger partial charge on any atom is 0.308 e. The summed E-state index contributed by atoms with van der Waals surface area (Å²) in [5.74, 6) is -1.09. The van der Waals surface area contributed by atoms with Crippen LogP contribution in [0.25, 0.3) is 0 Å². The van der Waals surface area contributed by atoms with E-state index in [4.69, 9.17) is 28.4 Å². The number of methoxy groups -OCH3 is 1. The molecule has 5 rings (SSSR count). The van der Waals surface area contributed by atoms with E-state index in [9.17, 15) is 9.90 Å². The van der Waals surface area contributed by atoms with Gasteiger partial charge in [0.1, 0.15) is 18.3 Å². The first-order chi connectivity index (χ1) is 22.0. The van der Waals surface area contributed by atoms with Crippen molar-refractivity contribution in [1.29, 1.82) is 0 Å². The second kappa shape index (κ2) is 16.3. The van der Waals surface area contributed by atoms with Gasteiger partial charge in [-0.2, -0.15) is 0 Å². The van der Waals surface area contributed by atoms with Crippen LogP contribution >= 0.6 is 0 Å². The summed E-state index contributed by atoms with van der Waals surface area (Å²) in [5, 5.41) is 11.2. The lowest BCUT2D eigenvalue weighted by Crippen LogP contribution is -2.61. The van der Waals surface area contributed by atoms with E-state index in [0.29, 0.717) is 26.2 Å². The van der Waals surface area contributed by atoms with Gasteiger partial charge in [-0.1, -0.05) is 97.1 Å². The zero-order valence-electron chi connectivity index (χ0n) is 26.0. The zero-order valence-corrected chi connectivity index (χ0v) is 26.0. The standard InChI is InChI=1S/C37H44O8/c1-4-29-20-30(36(39)40-3)21-31(38)33(29)45-37-35(43-24-28-18-12-7-13-19-28)34(42-23-27-16-10-6-11-17-27)32(25(2)44-37)41-22-26-14-8-5-9-15-26/h4-19,25,29-35,37-38H,1,20-24H2,2-3H3/t25-,29?,30?,31+,32?,33?,34?,35-,37?/m0/s1. The van der Waals surface area contributed by atoms with Crippen LogP contribution < -0.4 is 0 Å². The van der Waals surface area contributed by atoms with E-state index in [1.165, 1.54) is 7.11 Å². The van der Waals surface area contributed by atoms with Crippen molar-refractivity contribution in [1.82, 2.24) is 0 Å². The second-order valence-corrected chi connectivity index (χ2v) is 11.8.